The van der Waals surface area contributed by atoms with Gasteiger partial charge in [-0.3, -0.25) is 4.79 Å². The number of ether oxygens (including phenoxy) is 1. The minimum absolute atomic E-state index is 0.0735. The summed E-state index contributed by atoms with van der Waals surface area (Å²) in [5.41, 5.74) is 1.49. The van der Waals surface area contributed by atoms with Crippen molar-refractivity contribution >= 4 is 29.3 Å². The molecule has 1 heterocycles. The van der Waals surface area contributed by atoms with E-state index in [1.807, 2.05) is 49.9 Å². The smallest absolute Gasteiger partial charge is 0.410 e. The van der Waals surface area contributed by atoms with Gasteiger partial charge in [0, 0.05) is 18.3 Å². The number of carbonyl (C=O) groups is 2. The molecule has 0 radical (unpaired) electrons. The van der Waals surface area contributed by atoms with Crippen LogP contribution in [-0.2, 0) is 11.2 Å². The molecule has 7 heteroatoms. The predicted molar refractivity (Wildman–Crippen MR) is 125 cm³/mol. The monoisotopic (exact) mass is 460 g/mol. The molecule has 1 saturated heterocycles. The molecule has 2 aromatic carbocycles. The van der Waals surface area contributed by atoms with Crippen molar-refractivity contribution in [2.75, 3.05) is 11.9 Å². The summed E-state index contributed by atoms with van der Waals surface area (Å²) in [7, 11) is 0. The summed E-state index contributed by atoms with van der Waals surface area (Å²) in [5, 5.41) is 2.91. The van der Waals surface area contributed by atoms with Crippen molar-refractivity contribution in [1.29, 1.82) is 0 Å². The molecule has 5 nitrogen and oxygen atoms in total. The number of anilines is 1. The average molecular weight is 461 g/mol. The number of amides is 2. The van der Waals surface area contributed by atoms with Gasteiger partial charge in [0.15, 0.2) is 0 Å². The first kappa shape index (κ1) is 24.1. The largest absolute Gasteiger partial charge is 0.444 e. The van der Waals surface area contributed by atoms with E-state index in [0.29, 0.717) is 18.2 Å². The standard InChI is InChI=1S/C25H30ClFN2O3/c1-16-12-18(10-11-29(16)24(31)32-25(2,3)4)13-17-6-5-7-20(14-17)28-23(30)21-9-8-19(27)15-22(21)26/h5-9,14-16,18H,10-13H2,1-4H3,(H,28,30)/t16-,18-/m0/s1. The van der Waals surface area contributed by atoms with Gasteiger partial charge in [-0.05, 0) is 88.8 Å². The molecule has 1 aliphatic heterocycles. The highest BCUT2D eigenvalue weighted by atomic mass is 35.5. The zero-order valence-corrected chi connectivity index (χ0v) is 19.7. The Morgan fingerprint density at radius 3 is 2.62 bits per heavy atom. The first-order valence-electron chi connectivity index (χ1n) is 10.9. The van der Waals surface area contributed by atoms with Crippen molar-refractivity contribution in [1.82, 2.24) is 4.90 Å². The van der Waals surface area contributed by atoms with Crippen LogP contribution < -0.4 is 5.32 Å². The van der Waals surface area contributed by atoms with Crippen LogP contribution in [0.2, 0.25) is 5.02 Å². The lowest BCUT2D eigenvalue weighted by atomic mass is 9.86. The Morgan fingerprint density at radius 2 is 1.97 bits per heavy atom. The van der Waals surface area contributed by atoms with E-state index in [-0.39, 0.29) is 28.6 Å². The zero-order chi connectivity index (χ0) is 23.5. The van der Waals surface area contributed by atoms with Crippen LogP contribution in [0.3, 0.4) is 0 Å². The molecule has 1 N–H and O–H groups in total. The third-order valence-electron chi connectivity index (χ3n) is 5.50. The topological polar surface area (TPSA) is 58.6 Å². The Kier molecular flexibility index (Phi) is 7.44. The third kappa shape index (κ3) is 6.45. The lowest BCUT2D eigenvalue weighted by Crippen LogP contribution is -2.47. The summed E-state index contributed by atoms with van der Waals surface area (Å²) >= 11 is 6.00. The quantitative estimate of drug-likeness (QED) is 0.581. The maximum atomic E-state index is 13.2. The molecule has 1 aliphatic rings. The molecule has 0 unspecified atom stereocenters. The van der Waals surface area contributed by atoms with E-state index < -0.39 is 11.4 Å². The maximum Gasteiger partial charge on any atom is 0.410 e. The SMILES string of the molecule is C[C@H]1C[C@@H](Cc2cccc(NC(=O)c3ccc(F)cc3Cl)c2)CCN1C(=O)OC(C)(C)C. The van der Waals surface area contributed by atoms with Gasteiger partial charge in [0.05, 0.1) is 10.6 Å². The number of rotatable bonds is 4. The molecule has 2 aromatic rings. The van der Waals surface area contributed by atoms with E-state index >= 15 is 0 Å². The van der Waals surface area contributed by atoms with Gasteiger partial charge >= 0.3 is 6.09 Å². The van der Waals surface area contributed by atoms with E-state index in [1.54, 1.807) is 0 Å². The van der Waals surface area contributed by atoms with Crippen LogP contribution in [0.5, 0.6) is 0 Å². The maximum absolute atomic E-state index is 13.2. The number of benzene rings is 2. The van der Waals surface area contributed by atoms with Gasteiger partial charge < -0.3 is 15.0 Å². The lowest BCUT2D eigenvalue weighted by molar-refractivity contribution is 0.00718. The second-order valence-corrected chi connectivity index (χ2v) is 9.80. The number of nitrogens with one attached hydrogen (secondary N) is 1. The summed E-state index contributed by atoms with van der Waals surface area (Å²) in [6.45, 7) is 8.34. The lowest BCUT2D eigenvalue weighted by Gasteiger charge is -2.38. The molecule has 3 rings (SSSR count). The van der Waals surface area contributed by atoms with Gasteiger partial charge in [-0.25, -0.2) is 9.18 Å². The highest BCUT2D eigenvalue weighted by molar-refractivity contribution is 6.34. The number of piperidine rings is 1. The number of likely N-dealkylation sites (tertiary alicyclic amines) is 1. The fraction of sp³-hybridized carbons (Fsp3) is 0.440. The van der Waals surface area contributed by atoms with E-state index in [9.17, 15) is 14.0 Å². The third-order valence-corrected chi connectivity index (χ3v) is 5.81. The molecule has 2 amide bonds. The summed E-state index contributed by atoms with van der Waals surface area (Å²) in [4.78, 5) is 26.8. The van der Waals surface area contributed by atoms with Crippen molar-refractivity contribution in [2.24, 2.45) is 5.92 Å². The molecule has 0 aliphatic carbocycles. The van der Waals surface area contributed by atoms with E-state index in [0.717, 1.165) is 30.9 Å². The summed E-state index contributed by atoms with van der Waals surface area (Å²) in [6.07, 6.45) is 2.38. The summed E-state index contributed by atoms with van der Waals surface area (Å²) in [5.74, 6) is -0.437. The fourth-order valence-electron chi connectivity index (χ4n) is 4.03. The van der Waals surface area contributed by atoms with Crippen molar-refractivity contribution < 1.29 is 18.7 Å². The second kappa shape index (κ2) is 9.90. The van der Waals surface area contributed by atoms with Crippen molar-refractivity contribution in [3.63, 3.8) is 0 Å². The number of hydrogen-bond acceptors (Lipinski definition) is 3. The number of hydrogen-bond donors (Lipinski definition) is 1. The molecule has 2 atom stereocenters. The van der Waals surface area contributed by atoms with Crippen LogP contribution in [0, 0.1) is 11.7 Å². The molecular weight excluding hydrogens is 431 g/mol. The number of nitrogens with zero attached hydrogens (tertiary/aromatic N) is 1. The van der Waals surface area contributed by atoms with Crippen LogP contribution in [-0.4, -0.2) is 35.1 Å². The number of halogens is 2. The first-order valence-corrected chi connectivity index (χ1v) is 11.2. The summed E-state index contributed by atoms with van der Waals surface area (Å²) in [6, 6.07) is 11.5. The van der Waals surface area contributed by atoms with Gasteiger partial charge in [0.25, 0.3) is 5.91 Å². The highest BCUT2D eigenvalue weighted by Crippen LogP contribution is 2.28. The molecular formula is C25H30ClFN2O3. The normalized spacial score (nSPS) is 18.9. The predicted octanol–water partition coefficient (Wildman–Crippen LogP) is 6.31. The molecule has 0 aromatic heterocycles. The number of carbonyl (C=O) groups excluding carboxylic acids is 2. The Bertz CT molecular complexity index is 989. The molecule has 0 spiro atoms. The van der Waals surface area contributed by atoms with Gasteiger partial charge in [0.1, 0.15) is 11.4 Å². The van der Waals surface area contributed by atoms with Crippen LogP contribution in [0.1, 0.15) is 56.5 Å². The van der Waals surface area contributed by atoms with Gasteiger partial charge in [-0.15, -0.1) is 0 Å². The molecule has 1 fully saturated rings. The zero-order valence-electron chi connectivity index (χ0n) is 19.0. The van der Waals surface area contributed by atoms with Crippen LogP contribution >= 0.6 is 11.6 Å². The molecule has 0 saturated carbocycles. The second-order valence-electron chi connectivity index (χ2n) is 9.40. The Morgan fingerprint density at radius 1 is 1.22 bits per heavy atom. The van der Waals surface area contributed by atoms with Crippen molar-refractivity contribution in [2.45, 2.75) is 58.6 Å². The minimum Gasteiger partial charge on any atom is -0.444 e. The Balaban J connectivity index is 1.59. The Labute approximate surface area is 193 Å². The van der Waals surface area contributed by atoms with Crippen molar-refractivity contribution in [3.8, 4) is 0 Å². The first-order chi connectivity index (χ1) is 15.0. The van der Waals surface area contributed by atoms with E-state index in [1.165, 1.54) is 12.1 Å². The van der Waals surface area contributed by atoms with E-state index in [4.69, 9.17) is 16.3 Å². The van der Waals surface area contributed by atoms with Crippen LogP contribution in [0.4, 0.5) is 14.9 Å². The van der Waals surface area contributed by atoms with Gasteiger partial charge in [-0.2, -0.15) is 0 Å². The van der Waals surface area contributed by atoms with Crippen LogP contribution in [0.25, 0.3) is 0 Å². The highest BCUT2D eigenvalue weighted by Gasteiger charge is 2.31. The van der Waals surface area contributed by atoms with Gasteiger partial charge in [0.2, 0.25) is 0 Å². The fourth-order valence-corrected chi connectivity index (χ4v) is 4.28. The average Bonchev–Trinajstić information content (AvgIpc) is 2.66. The minimum atomic E-state index is -0.503. The van der Waals surface area contributed by atoms with E-state index in [2.05, 4.69) is 12.2 Å². The summed E-state index contributed by atoms with van der Waals surface area (Å²) < 4.78 is 18.8. The molecule has 172 valence electrons. The Hall–Kier alpha value is -2.60. The molecule has 0 bridgehead atoms. The van der Waals surface area contributed by atoms with Gasteiger partial charge in [-0.1, -0.05) is 23.7 Å². The van der Waals surface area contributed by atoms with Crippen LogP contribution in [0.15, 0.2) is 42.5 Å². The van der Waals surface area contributed by atoms with Crippen molar-refractivity contribution in [3.05, 3.63) is 64.4 Å². The molecule has 32 heavy (non-hydrogen) atoms.